The molecule has 10 aromatic rings. The fraction of sp³-hybridized carbons (Fsp3) is 0.688. The number of halogens is 2. The van der Waals surface area contributed by atoms with Crippen molar-refractivity contribution in [3.8, 4) is 52.9 Å². The van der Waals surface area contributed by atoms with Gasteiger partial charge in [0.25, 0.3) is 0 Å². The van der Waals surface area contributed by atoms with Gasteiger partial charge < -0.3 is 18.9 Å². The van der Waals surface area contributed by atoms with E-state index in [-0.39, 0.29) is 14.0 Å². The van der Waals surface area contributed by atoms with Crippen LogP contribution in [-0.4, -0.2) is 83.1 Å². The van der Waals surface area contributed by atoms with Crippen LogP contribution < -0.4 is 24.7 Å². The molecule has 0 fully saturated rings. The molecule has 0 amide bonds. The van der Waals surface area contributed by atoms with Gasteiger partial charge in [-0.15, -0.1) is 58.4 Å². The van der Waals surface area contributed by atoms with E-state index in [0.717, 1.165) is 114 Å². The van der Waals surface area contributed by atoms with Crippen molar-refractivity contribution in [2.75, 3.05) is 26.4 Å². The Morgan fingerprint density at radius 3 is 0.727 bits per heavy atom. The van der Waals surface area contributed by atoms with Crippen LogP contribution >= 0.6 is 127 Å². The summed E-state index contributed by atoms with van der Waals surface area (Å²) in [5.74, 6) is 5.64. The summed E-state index contributed by atoms with van der Waals surface area (Å²) in [5, 5.41) is 0. The van der Waals surface area contributed by atoms with Gasteiger partial charge in [-0.25, -0.2) is 19.9 Å². The fourth-order valence-corrected chi connectivity index (χ4v) is 35.9. The standard InChI is InChI=1S/C62H96N2O2S2.C52H86Br2N2O2.C8H4S2.6CH3.H8P6.2Sn/c1-7-11-15-19-23-25-29-33-37-51(35-31-27-21-17-13-9-3)47-65-56-44-49(5)43-54-61(56)64-55-45-53(58-41-42-60(68-58)59-40-39-50(6)67-59)46-57(62(55)63-54)66-48-52(36-32-28-22-18-14-10-4)38-34-30-26-24-20-16-12-8-2;1-5-9-13-17-21-23-27-31-35-43(33-29-25-19-15-11-7-3)41-57-49-39-45(53)37-47-51(49)55-48-38-46(54)40-50(52(48)56-47)58-42-44(34-30-26-20-16-12-8-4)36-32-28-24-22-18-14-10-6-2;1-3-7(9-5-1)8-4-2-6-10-8;;;;;;;1-5(2)6(3)4;;/h39-46,51-52H,7-38,47-48H2,1-6H3;37-40,43-44H,5-36,41-42H2,1-4H3;1-4H;6*1H3;1-4H2;;. The number of hydrogen-bond donors (Lipinski definition) is 0. The number of rotatable bonds is 82. The summed E-state index contributed by atoms with van der Waals surface area (Å²) in [6, 6.07) is 35.8. The Bertz CT molecular complexity index is 4990. The molecule has 22 heteroatoms. The molecule has 0 N–H and O–H groups in total. The minimum atomic E-state index is -1.86. The first-order valence-electron chi connectivity index (χ1n) is 61.1. The molecule has 844 valence electrons. The van der Waals surface area contributed by atoms with E-state index in [1.165, 1.54) is 440 Å². The molecule has 0 aliphatic carbocycles. The number of aromatic nitrogens is 4. The summed E-state index contributed by atoms with van der Waals surface area (Å²) < 4.78 is 32.8. The Labute approximate surface area is 971 Å². The van der Waals surface area contributed by atoms with Crippen molar-refractivity contribution >= 4 is 214 Å². The molecule has 8 unspecified atom stereocenters. The van der Waals surface area contributed by atoms with Crippen molar-refractivity contribution in [2.45, 2.75) is 510 Å². The summed E-state index contributed by atoms with van der Waals surface area (Å²) in [6.07, 6.45) is 85.6. The zero-order valence-electron chi connectivity index (χ0n) is 97.6. The fourth-order valence-electron chi connectivity index (χ4n) is 20.4. The van der Waals surface area contributed by atoms with Crippen molar-refractivity contribution in [3.63, 3.8) is 0 Å². The van der Waals surface area contributed by atoms with Gasteiger partial charge in [0, 0.05) is 28.5 Å². The van der Waals surface area contributed by atoms with Crippen LogP contribution in [0, 0.1) is 37.5 Å². The molecular weight excluding hydrogens is 2370 g/mol. The molecule has 10 rings (SSSR count). The maximum absolute atomic E-state index is 7.07. The quantitative estimate of drug-likeness (QED) is 0.0161. The van der Waals surface area contributed by atoms with E-state index in [9.17, 15) is 0 Å². The molecule has 6 heterocycles. The molecule has 0 saturated heterocycles. The predicted octanol–water partition coefficient (Wildman–Crippen LogP) is 47.9. The van der Waals surface area contributed by atoms with Crippen molar-refractivity contribution in [2.24, 2.45) is 23.7 Å². The van der Waals surface area contributed by atoms with Gasteiger partial charge in [-0.3, -0.25) is 0 Å². The molecule has 0 aliphatic rings. The zero-order chi connectivity index (χ0) is 108. The molecule has 0 spiro atoms. The van der Waals surface area contributed by atoms with E-state index < -0.39 is 36.8 Å². The normalized spacial score (nSPS) is 12.7. The first kappa shape index (κ1) is 136. The van der Waals surface area contributed by atoms with Crippen LogP contribution in [0.1, 0.15) is 477 Å². The first-order valence-corrected chi connectivity index (χ1v) is 95.8. The summed E-state index contributed by atoms with van der Waals surface area (Å²) >= 11 is 11.7. The van der Waals surface area contributed by atoms with Gasteiger partial charge in [0.05, 0.1) is 48.5 Å². The van der Waals surface area contributed by atoms with Gasteiger partial charge in [0.2, 0.25) is 0 Å². The first-order chi connectivity index (χ1) is 72.7. The third-order valence-electron chi connectivity index (χ3n) is 29.9. The molecule has 0 aliphatic heterocycles. The molecule has 0 bridgehead atoms. The predicted molar refractivity (Wildman–Crippen MR) is 709 cm³/mol. The number of unbranched alkanes of at least 4 members (excludes halogenated alkanes) is 48. The number of nitrogens with zero attached hydrogens (tertiary/aromatic N) is 4. The Balaban J connectivity index is 0.000000333. The van der Waals surface area contributed by atoms with E-state index >= 15 is 0 Å². The summed E-state index contributed by atoms with van der Waals surface area (Å²) in [4.78, 5) is 44.5. The van der Waals surface area contributed by atoms with Crippen LogP contribution in [-0.2, 0) is 0 Å². The van der Waals surface area contributed by atoms with Crippen molar-refractivity contribution in [1.29, 1.82) is 0 Å². The Morgan fingerprint density at radius 1 is 0.253 bits per heavy atom. The van der Waals surface area contributed by atoms with Crippen LogP contribution in [0.5, 0.6) is 23.0 Å². The second-order valence-corrected chi connectivity index (χ2v) is 103. The molecule has 8 atom stereocenters. The van der Waals surface area contributed by atoms with Crippen LogP contribution in [0.15, 0.2) is 106 Å². The van der Waals surface area contributed by atoms with Gasteiger partial charge in [-0.05, 0) is 187 Å². The Kier molecular flexibility index (Phi) is 74.9. The van der Waals surface area contributed by atoms with Crippen LogP contribution in [0.25, 0.3) is 74.1 Å². The molecular formula is C128H212Br2N4O4P6S4Sn2. The SMILES string of the molecule is CCCCCCCCCCC(CCCCCCCC)COc1cc(Br)cc2nc3c(OCC(CCCCCCCC)CCCCCCCCCC)cc(Br)cc3nc12.CCCCCCCCCCC(CCCCCCCC)COc1cc(C)cc2nc3c(OCC(CCCCCCCC)CCCCCCCCCC)cc(-c4ccc(-c5ccc(C)s5)s4)cc3nc12.PP(P)P(P)P.[CH3][Sn]([CH3])([CH3])[c]1ccc(-c2cc[c]([Sn]([CH3])([CH3])[CH3])s2)s1. The Morgan fingerprint density at radius 2 is 0.473 bits per heavy atom. The summed E-state index contributed by atoms with van der Waals surface area (Å²) in [7, 11) is 11.2. The number of thiophene rings is 4. The second-order valence-electron chi connectivity index (χ2n) is 46.1. The third-order valence-corrected chi connectivity index (χ3v) is 75.8. The second kappa shape index (κ2) is 82.6. The van der Waals surface area contributed by atoms with Crippen LogP contribution in [0.3, 0.4) is 0 Å². The summed E-state index contributed by atoms with van der Waals surface area (Å²) in [6.45, 7) is 26.1. The topological polar surface area (TPSA) is 88.5 Å². The Hall–Kier alpha value is -0.783. The average Bonchev–Trinajstić information content (AvgIpc) is 0.797. The molecule has 4 aromatic carbocycles. The van der Waals surface area contributed by atoms with E-state index in [1.54, 1.807) is 5.79 Å². The third kappa shape index (κ3) is 56.9. The zero-order valence-corrected chi connectivity index (χ0v) is 116. The van der Waals surface area contributed by atoms with E-state index in [1.807, 2.05) is 45.3 Å². The monoisotopic (exact) mass is 2580 g/mol. The molecule has 0 saturated carbocycles. The minimum absolute atomic E-state index is 0.165. The van der Waals surface area contributed by atoms with Gasteiger partial charge in [0.15, 0.2) is 0 Å². The van der Waals surface area contributed by atoms with Crippen LogP contribution in [0.2, 0.25) is 29.6 Å². The van der Waals surface area contributed by atoms with E-state index in [2.05, 4.69) is 264 Å². The van der Waals surface area contributed by atoms with Gasteiger partial charge in [-0.1, -0.05) is 447 Å². The number of ether oxygens (including phenoxy) is 4. The van der Waals surface area contributed by atoms with Crippen molar-refractivity contribution in [1.82, 2.24) is 19.9 Å². The number of hydrogen-bond acceptors (Lipinski definition) is 12. The van der Waals surface area contributed by atoms with Crippen molar-refractivity contribution in [3.05, 3.63) is 116 Å². The van der Waals surface area contributed by atoms with Gasteiger partial charge in [0.1, 0.15) is 45.1 Å². The number of fused-ring (bicyclic) bond motifs is 4. The molecule has 6 aromatic heterocycles. The number of aryl methyl sites for hydroxylation is 2. The van der Waals surface area contributed by atoms with Gasteiger partial charge in [-0.2, -0.15) is 0 Å². The van der Waals surface area contributed by atoms with Gasteiger partial charge >= 0.3 is 129 Å². The van der Waals surface area contributed by atoms with E-state index in [4.69, 9.17) is 38.9 Å². The van der Waals surface area contributed by atoms with Crippen molar-refractivity contribution < 1.29 is 18.9 Å². The van der Waals surface area contributed by atoms with Crippen LogP contribution in [0.4, 0.5) is 0 Å². The summed E-state index contributed by atoms with van der Waals surface area (Å²) in [5.41, 5.74) is 9.20. The molecule has 0 radical (unpaired) electrons. The molecule has 8 nitrogen and oxygen atoms in total. The molecule has 150 heavy (non-hydrogen) atoms. The maximum atomic E-state index is 7.07. The van der Waals surface area contributed by atoms with E-state index in [0.29, 0.717) is 23.7 Å². The average molecular weight is 2580 g/mol. The number of benzene rings is 4.